The zero-order valence-corrected chi connectivity index (χ0v) is 12.8. The summed E-state index contributed by atoms with van der Waals surface area (Å²) in [5.41, 5.74) is 1.99. The van der Waals surface area contributed by atoms with Crippen LogP contribution in [0.2, 0.25) is 0 Å². The Kier molecular flexibility index (Phi) is 5.76. The summed E-state index contributed by atoms with van der Waals surface area (Å²) in [5, 5.41) is 13.0. The van der Waals surface area contributed by atoms with Gasteiger partial charge in [0, 0.05) is 25.7 Å². The van der Waals surface area contributed by atoms with E-state index >= 15 is 0 Å². The van der Waals surface area contributed by atoms with Gasteiger partial charge in [0.15, 0.2) is 0 Å². The lowest BCUT2D eigenvalue weighted by atomic mass is 9.87. The van der Waals surface area contributed by atoms with Crippen molar-refractivity contribution in [3.63, 3.8) is 0 Å². The van der Waals surface area contributed by atoms with Crippen LogP contribution in [0.3, 0.4) is 0 Å². The van der Waals surface area contributed by atoms with Crippen LogP contribution in [0.4, 0.5) is 0 Å². The standard InChI is InChI=1S/C17H25NO3/c1-12-3-5-15(6-4-12)16(19)11-18-17(20)13(2)14-7-9-21-10-8-14/h3-6,13-14,16,19H,7-11H2,1-2H3,(H,18,20). The van der Waals surface area contributed by atoms with Gasteiger partial charge in [-0.15, -0.1) is 0 Å². The Labute approximate surface area is 126 Å². The van der Waals surface area contributed by atoms with Gasteiger partial charge in [-0.05, 0) is 31.2 Å². The molecule has 1 aromatic rings. The third-order valence-corrected chi connectivity index (χ3v) is 4.32. The molecule has 2 unspecified atom stereocenters. The molecule has 4 nitrogen and oxygen atoms in total. The number of aliphatic hydroxyl groups excluding tert-OH is 1. The van der Waals surface area contributed by atoms with Crippen molar-refractivity contribution in [3.8, 4) is 0 Å². The number of amides is 1. The van der Waals surface area contributed by atoms with Crippen LogP contribution in [0.5, 0.6) is 0 Å². The molecule has 1 aliphatic rings. The quantitative estimate of drug-likeness (QED) is 0.874. The van der Waals surface area contributed by atoms with E-state index in [1.165, 1.54) is 0 Å². The largest absolute Gasteiger partial charge is 0.387 e. The number of ether oxygens (including phenoxy) is 1. The van der Waals surface area contributed by atoms with Gasteiger partial charge in [-0.3, -0.25) is 4.79 Å². The molecule has 0 aliphatic carbocycles. The maximum Gasteiger partial charge on any atom is 0.223 e. The molecule has 1 amide bonds. The van der Waals surface area contributed by atoms with Crippen LogP contribution in [0.25, 0.3) is 0 Å². The van der Waals surface area contributed by atoms with E-state index in [2.05, 4.69) is 5.32 Å². The molecule has 0 aromatic heterocycles. The molecule has 0 spiro atoms. The molecule has 2 atom stereocenters. The van der Waals surface area contributed by atoms with E-state index < -0.39 is 6.10 Å². The average Bonchev–Trinajstić information content (AvgIpc) is 2.53. The summed E-state index contributed by atoms with van der Waals surface area (Å²) in [4.78, 5) is 12.2. The summed E-state index contributed by atoms with van der Waals surface area (Å²) in [6.07, 6.45) is 1.22. The molecule has 1 fully saturated rings. The SMILES string of the molecule is Cc1ccc(C(O)CNC(=O)C(C)C2CCOCC2)cc1. The first-order valence-corrected chi connectivity index (χ1v) is 7.68. The zero-order chi connectivity index (χ0) is 15.2. The van der Waals surface area contributed by atoms with Crippen LogP contribution in [-0.2, 0) is 9.53 Å². The summed E-state index contributed by atoms with van der Waals surface area (Å²) in [5.74, 6) is 0.377. The van der Waals surface area contributed by atoms with Crippen molar-refractivity contribution in [2.45, 2.75) is 32.8 Å². The first-order valence-electron chi connectivity index (χ1n) is 7.68. The summed E-state index contributed by atoms with van der Waals surface area (Å²) in [6, 6.07) is 7.72. The molecule has 0 saturated carbocycles. The zero-order valence-electron chi connectivity index (χ0n) is 12.8. The number of hydrogen-bond donors (Lipinski definition) is 2. The Morgan fingerprint density at radius 1 is 1.33 bits per heavy atom. The Bertz CT molecular complexity index is 452. The molecule has 21 heavy (non-hydrogen) atoms. The van der Waals surface area contributed by atoms with Crippen LogP contribution in [0.15, 0.2) is 24.3 Å². The minimum Gasteiger partial charge on any atom is -0.387 e. The number of rotatable bonds is 5. The second kappa shape index (κ2) is 7.57. The third-order valence-electron chi connectivity index (χ3n) is 4.32. The minimum atomic E-state index is -0.656. The molecular weight excluding hydrogens is 266 g/mol. The fraction of sp³-hybridized carbons (Fsp3) is 0.588. The lowest BCUT2D eigenvalue weighted by Crippen LogP contribution is -2.37. The molecule has 116 valence electrons. The van der Waals surface area contributed by atoms with Crippen molar-refractivity contribution in [1.29, 1.82) is 0 Å². The molecule has 4 heteroatoms. The van der Waals surface area contributed by atoms with Gasteiger partial charge in [0.2, 0.25) is 5.91 Å². The lowest BCUT2D eigenvalue weighted by Gasteiger charge is -2.27. The summed E-state index contributed by atoms with van der Waals surface area (Å²) < 4.78 is 5.32. The lowest BCUT2D eigenvalue weighted by molar-refractivity contribution is -0.127. The monoisotopic (exact) mass is 291 g/mol. The van der Waals surface area contributed by atoms with Crippen molar-refractivity contribution in [3.05, 3.63) is 35.4 Å². The fourth-order valence-electron chi connectivity index (χ4n) is 2.69. The van der Waals surface area contributed by atoms with E-state index in [9.17, 15) is 9.90 Å². The topological polar surface area (TPSA) is 58.6 Å². The maximum absolute atomic E-state index is 12.2. The van der Waals surface area contributed by atoms with Gasteiger partial charge in [0.05, 0.1) is 6.10 Å². The second-order valence-electron chi connectivity index (χ2n) is 5.91. The fourth-order valence-corrected chi connectivity index (χ4v) is 2.69. The van der Waals surface area contributed by atoms with Crippen molar-refractivity contribution in [2.75, 3.05) is 19.8 Å². The number of carbonyl (C=O) groups excluding carboxylic acids is 1. The number of nitrogens with one attached hydrogen (secondary N) is 1. The number of carbonyl (C=O) groups is 1. The first kappa shape index (κ1) is 16.0. The molecule has 0 radical (unpaired) electrons. The smallest absolute Gasteiger partial charge is 0.223 e. The molecule has 1 heterocycles. The molecule has 1 aliphatic heterocycles. The van der Waals surface area contributed by atoms with Crippen LogP contribution in [0.1, 0.15) is 37.0 Å². The highest BCUT2D eigenvalue weighted by Crippen LogP contribution is 2.23. The number of aryl methyl sites for hydroxylation is 1. The van der Waals surface area contributed by atoms with E-state index in [0.29, 0.717) is 5.92 Å². The van der Waals surface area contributed by atoms with E-state index in [4.69, 9.17) is 4.74 Å². The van der Waals surface area contributed by atoms with Crippen LogP contribution in [-0.4, -0.2) is 30.8 Å². The van der Waals surface area contributed by atoms with E-state index in [1.807, 2.05) is 38.1 Å². The highest BCUT2D eigenvalue weighted by Gasteiger charge is 2.26. The number of benzene rings is 1. The number of aliphatic hydroxyl groups is 1. The van der Waals surface area contributed by atoms with Gasteiger partial charge in [-0.1, -0.05) is 36.8 Å². The van der Waals surface area contributed by atoms with Crippen LogP contribution >= 0.6 is 0 Å². The second-order valence-corrected chi connectivity index (χ2v) is 5.91. The van der Waals surface area contributed by atoms with E-state index in [1.54, 1.807) is 0 Å². The maximum atomic E-state index is 12.2. The van der Waals surface area contributed by atoms with E-state index in [0.717, 1.165) is 37.2 Å². The summed E-state index contributed by atoms with van der Waals surface area (Å²) in [6.45, 7) is 5.72. The highest BCUT2D eigenvalue weighted by atomic mass is 16.5. The minimum absolute atomic E-state index is 0.0214. The Balaban J connectivity index is 1.81. The van der Waals surface area contributed by atoms with Crippen LogP contribution in [0, 0.1) is 18.8 Å². The molecule has 1 aromatic carbocycles. The van der Waals surface area contributed by atoms with Crippen molar-refractivity contribution in [2.24, 2.45) is 11.8 Å². The Hall–Kier alpha value is -1.39. The highest BCUT2D eigenvalue weighted by molar-refractivity contribution is 5.78. The first-order chi connectivity index (χ1) is 10.1. The van der Waals surface area contributed by atoms with E-state index in [-0.39, 0.29) is 18.4 Å². The Morgan fingerprint density at radius 3 is 2.57 bits per heavy atom. The van der Waals surface area contributed by atoms with Gasteiger partial charge >= 0.3 is 0 Å². The van der Waals surface area contributed by atoms with Gasteiger partial charge in [0.25, 0.3) is 0 Å². The third kappa shape index (κ3) is 4.55. The molecular formula is C17H25NO3. The molecule has 2 rings (SSSR count). The number of hydrogen-bond acceptors (Lipinski definition) is 3. The van der Waals surface area contributed by atoms with Gasteiger partial charge in [-0.2, -0.15) is 0 Å². The average molecular weight is 291 g/mol. The summed E-state index contributed by atoms with van der Waals surface area (Å²) >= 11 is 0. The normalized spacial score (nSPS) is 19.0. The van der Waals surface area contributed by atoms with Crippen LogP contribution < -0.4 is 5.32 Å². The summed E-state index contributed by atoms with van der Waals surface area (Å²) in [7, 11) is 0. The molecule has 1 saturated heterocycles. The predicted molar refractivity (Wildman–Crippen MR) is 81.9 cm³/mol. The Morgan fingerprint density at radius 2 is 1.95 bits per heavy atom. The van der Waals surface area contributed by atoms with Gasteiger partial charge in [0.1, 0.15) is 0 Å². The molecule has 0 bridgehead atoms. The van der Waals surface area contributed by atoms with Gasteiger partial charge in [-0.25, -0.2) is 0 Å². The molecule has 2 N–H and O–H groups in total. The van der Waals surface area contributed by atoms with Crippen molar-refractivity contribution in [1.82, 2.24) is 5.32 Å². The van der Waals surface area contributed by atoms with Gasteiger partial charge < -0.3 is 15.2 Å². The van der Waals surface area contributed by atoms with Crippen molar-refractivity contribution >= 4 is 5.91 Å². The predicted octanol–water partition coefficient (Wildman–Crippen LogP) is 2.21. The van der Waals surface area contributed by atoms with Crippen molar-refractivity contribution < 1.29 is 14.6 Å².